The first-order valence-corrected chi connectivity index (χ1v) is 2.55. The average Bonchev–Trinajstić information content (AvgIpc) is 1.90. The van der Waals surface area contributed by atoms with Crippen LogP contribution in [-0.4, -0.2) is 7.28 Å². The van der Waals surface area contributed by atoms with Crippen molar-refractivity contribution in [3.05, 3.63) is 36.6 Å². The van der Waals surface area contributed by atoms with E-state index in [0.717, 1.165) is 12.8 Å². The second-order valence-electron chi connectivity index (χ2n) is 1.61. The lowest BCUT2D eigenvalue weighted by atomic mass is 9.70. The van der Waals surface area contributed by atoms with Crippen molar-refractivity contribution < 1.29 is 4.74 Å². The molecule has 1 heterocycles. The quantitative estimate of drug-likeness (QED) is 0.452. The molecule has 0 saturated carbocycles. The van der Waals surface area contributed by atoms with Crippen LogP contribution in [-0.2, 0) is 4.74 Å². The van der Waals surface area contributed by atoms with Gasteiger partial charge in [-0.1, -0.05) is 18.6 Å². The first-order chi connectivity index (χ1) is 3.93. The normalized spacial score (nSPS) is 15.8. The minimum absolute atomic E-state index is 0.948. The van der Waals surface area contributed by atoms with Gasteiger partial charge in [-0.2, -0.15) is 0 Å². The average molecular weight is 106 g/mol. The number of ether oxygens (including phenoxy) is 1. The van der Waals surface area contributed by atoms with Crippen LogP contribution in [0.5, 0.6) is 0 Å². The lowest BCUT2D eigenvalue weighted by Gasteiger charge is -1.99. The van der Waals surface area contributed by atoms with E-state index >= 15 is 0 Å². The van der Waals surface area contributed by atoms with Gasteiger partial charge in [-0.15, -0.1) is 0 Å². The lowest BCUT2D eigenvalue weighted by molar-refractivity contribution is 0.400. The molecule has 0 aromatic heterocycles. The summed E-state index contributed by atoms with van der Waals surface area (Å²) in [5.41, 5.74) is 1.13. The highest BCUT2D eigenvalue weighted by molar-refractivity contribution is 6.52. The highest BCUT2D eigenvalue weighted by atomic mass is 16.5. The van der Waals surface area contributed by atoms with E-state index in [1.165, 1.54) is 0 Å². The molecule has 0 aromatic carbocycles. The van der Waals surface area contributed by atoms with Crippen molar-refractivity contribution >= 4 is 7.28 Å². The molecule has 40 valence electrons. The van der Waals surface area contributed by atoms with Gasteiger partial charge >= 0.3 is 0 Å². The summed E-state index contributed by atoms with van der Waals surface area (Å²) in [5.74, 6) is 1.96. The Morgan fingerprint density at radius 1 is 1.75 bits per heavy atom. The van der Waals surface area contributed by atoms with Crippen LogP contribution in [0.4, 0.5) is 0 Å². The standard InChI is InChI=1S/C6H7BO/c1-2-6-5-8-4-3-7-6/h2-5,7H,1H2. The molecule has 0 radical (unpaired) electrons. The molecule has 2 heteroatoms. The summed E-state index contributed by atoms with van der Waals surface area (Å²) >= 11 is 0. The molecule has 0 spiro atoms. The van der Waals surface area contributed by atoms with Crippen molar-refractivity contribution in [2.75, 3.05) is 0 Å². The van der Waals surface area contributed by atoms with Gasteiger partial charge in [-0.3, -0.25) is 0 Å². The Bertz CT molecular complexity index is 147. The Morgan fingerprint density at radius 2 is 2.62 bits per heavy atom. The summed E-state index contributed by atoms with van der Waals surface area (Å²) in [5, 5.41) is 0. The number of hydrogen-bond donors (Lipinski definition) is 0. The van der Waals surface area contributed by atoms with Crippen molar-refractivity contribution in [3.8, 4) is 0 Å². The fourth-order valence-electron chi connectivity index (χ4n) is 0.546. The molecule has 0 aliphatic carbocycles. The van der Waals surface area contributed by atoms with Gasteiger partial charge in [-0.25, -0.2) is 0 Å². The SMILES string of the molecule is C=CC1=COC=CB1. The second-order valence-corrected chi connectivity index (χ2v) is 1.61. The topological polar surface area (TPSA) is 9.23 Å². The summed E-state index contributed by atoms with van der Waals surface area (Å²) in [6.45, 7) is 3.60. The van der Waals surface area contributed by atoms with Crippen molar-refractivity contribution in [1.29, 1.82) is 0 Å². The van der Waals surface area contributed by atoms with Crippen LogP contribution in [0, 0.1) is 0 Å². The molecule has 0 saturated heterocycles. The van der Waals surface area contributed by atoms with Crippen LogP contribution in [0.3, 0.4) is 0 Å². The van der Waals surface area contributed by atoms with E-state index in [-0.39, 0.29) is 0 Å². The number of rotatable bonds is 1. The maximum absolute atomic E-state index is 4.86. The van der Waals surface area contributed by atoms with Crippen LogP contribution in [0.25, 0.3) is 0 Å². The van der Waals surface area contributed by atoms with Gasteiger partial charge < -0.3 is 4.74 Å². The molecule has 1 nitrogen and oxygen atoms in total. The first kappa shape index (κ1) is 5.23. The highest BCUT2D eigenvalue weighted by Crippen LogP contribution is 1.99. The molecule has 0 aromatic rings. The molecular weight excluding hydrogens is 98.9 g/mol. The van der Waals surface area contributed by atoms with E-state index in [9.17, 15) is 0 Å². The summed E-state index contributed by atoms with van der Waals surface area (Å²) in [7, 11) is 0.948. The van der Waals surface area contributed by atoms with Crippen LogP contribution in [0.2, 0.25) is 0 Å². The van der Waals surface area contributed by atoms with E-state index in [1.807, 2.05) is 5.98 Å². The zero-order valence-electron chi connectivity index (χ0n) is 4.63. The molecule has 0 N–H and O–H groups in total. The summed E-state index contributed by atoms with van der Waals surface area (Å²) in [6.07, 6.45) is 5.17. The summed E-state index contributed by atoms with van der Waals surface area (Å²) < 4.78 is 4.86. The Hall–Kier alpha value is -0.915. The third kappa shape index (κ3) is 1.03. The van der Waals surface area contributed by atoms with E-state index in [1.54, 1.807) is 18.6 Å². The van der Waals surface area contributed by atoms with Crippen molar-refractivity contribution in [2.45, 2.75) is 0 Å². The molecule has 1 aliphatic heterocycles. The third-order valence-corrected chi connectivity index (χ3v) is 1.01. The molecular formula is C6H7BO. The molecule has 1 aliphatic rings. The van der Waals surface area contributed by atoms with Gasteiger partial charge in [0.25, 0.3) is 0 Å². The molecule has 8 heavy (non-hydrogen) atoms. The Kier molecular flexibility index (Phi) is 1.57. The van der Waals surface area contributed by atoms with Crippen molar-refractivity contribution in [3.63, 3.8) is 0 Å². The van der Waals surface area contributed by atoms with Gasteiger partial charge in [0.15, 0.2) is 7.28 Å². The largest absolute Gasteiger partial charge is 0.474 e. The van der Waals surface area contributed by atoms with Crippen LogP contribution >= 0.6 is 0 Å². The maximum atomic E-state index is 4.86. The van der Waals surface area contributed by atoms with Crippen LogP contribution in [0.15, 0.2) is 36.6 Å². The van der Waals surface area contributed by atoms with Gasteiger partial charge in [-0.05, 0) is 5.47 Å². The Labute approximate surface area is 49.6 Å². The summed E-state index contributed by atoms with van der Waals surface area (Å²) in [4.78, 5) is 0. The van der Waals surface area contributed by atoms with E-state index in [0.29, 0.717) is 0 Å². The smallest absolute Gasteiger partial charge is 0.191 e. The molecule has 0 atom stereocenters. The zero-order chi connectivity index (χ0) is 5.82. The van der Waals surface area contributed by atoms with Crippen molar-refractivity contribution in [1.82, 2.24) is 0 Å². The summed E-state index contributed by atoms with van der Waals surface area (Å²) in [6, 6.07) is 0. The lowest BCUT2D eigenvalue weighted by Crippen LogP contribution is -1.94. The van der Waals surface area contributed by atoms with Gasteiger partial charge in [0.2, 0.25) is 0 Å². The van der Waals surface area contributed by atoms with E-state index in [2.05, 4.69) is 6.58 Å². The van der Waals surface area contributed by atoms with Crippen LogP contribution < -0.4 is 0 Å². The third-order valence-electron chi connectivity index (χ3n) is 1.01. The van der Waals surface area contributed by atoms with Gasteiger partial charge in [0.05, 0.1) is 12.5 Å². The predicted octanol–water partition coefficient (Wildman–Crippen LogP) is 0.952. The van der Waals surface area contributed by atoms with Crippen molar-refractivity contribution in [2.24, 2.45) is 0 Å². The zero-order valence-corrected chi connectivity index (χ0v) is 4.63. The second kappa shape index (κ2) is 2.41. The van der Waals surface area contributed by atoms with Gasteiger partial charge in [0.1, 0.15) is 0 Å². The first-order valence-electron chi connectivity index (χ1n) is 2.55. The minimum Gasteiger partial charge on any atom is -0.474 e. The fourth-order valence-corrected chi connectivity index (χ4v) is 0.546. The predicted molar refractivity (Wildman–Crippen MR) is 35.7 cm³/mol. The van der Waals surface area contributed by atoms with E-state index < -0.39 is 0 Å². The molecule has 0 fully saturated rings. The minimum atomic E-state index is 0.948. The fraction of sp³-hybridized carbons (Fsp3) is 0. The van der Waals surface area contributed by atoms with Gasteiger partial charge in [0, 0.05) is 0 Å². The molecule has 0 bridgehead atoms. The molecule has 0 unspecified atom stereocenters. The Balaban J connectivity index is 2.55. The van der Waals surface area contributed by atoms with Crippen LogP contribution in [0.1, 0.15) is 0 Å². The Morgan fingerprint density at radius 3 is 3.00 bits per heavy atom. The molecule has 1 rings (SSSR count). The maximum Gasteiger partial charge on any atom is 0.191 e. The highest BCUT2D eigenvalue weighted by Gasteiger charge is 1.93. The molecule has 0 amide bonds. The van der Waals surface area contributed by atoms with E-state index in [4.69, 9.17) is 4.74 Å². The number of hydrogen-bond acceptors (Lipinski definition) is 1. The monoisotopic (exact) mass is 106 g/mol. The number of allylic oxidation sites excluding steroid dienone is 2.